The highest BCUT2D eigenvalue weighted by Crippen LogP contribution is 2.41. The molecule has 0 spiro atoms. The summed E-state index contributed by atoms with van der Waals surface area (Å²) in [5.41, 5.74) is 0.692. The first kappa shape index (κ1) is 29.4. The molecule has 0 aromatic carbocycles. The van der Waals surface area contributed by atoms with Gasteiger partial charge in [-0.05, 0) is 43.7 Å². The molecule has 1 heteroatoms. The molecule has 0 nitrogen and oxygen atoms in total. The topological polar surface area (TPSA) is 0 Å². The van der Waals surface area contributed by atoms with Crippen molar-refractivity contribution in [3.63, 3.8) is 0 Å². The van der Waals surface area contributed by atoms with Gasteiger partial charge in [0, 0.05) is 0 Å². The molecule has 29 heavy (non-hydrogen) atoms. The van der Waals surface area contributed by atoms with Crippen molar-refractivity contribution in [3.8, 4) is 0 Å². The Morgan fingerprint density at radius 2 is 0.655 bits per heavy atom. The molecule has 0 bridgehead atoms. The van der Waals surface area contributed by atoms with Gasteiger partial charge in [-0.2, -0.15) is 0 Å². The van der Waals surface area contributed by atoms with Gasteiger partial charge in [-0.15, -0.1) is 9.24 Å². The minimum Gasteiger partial charge on any atom is -0.138 e. The van der Waals surface area contributed by atoms with Crippen LogP contribution in [0.2, 0.25) is 0 Å². The predicted molar refractivity (Wildman–Crippen MR) is 140 cm³/mol. The predicted octanol–water partition coefficient (Wildman–Crippen LogP) is 10.9. The van der Waals surface area contributed by atoms with E-state index >= 15 is 0 Å². The quantitative estimate of drug-likeness (QED) is 0.106. The van der Waals surface area contributed by atoms with Crippen molar-refractivity contribution in [1.29, 1.82) is 0 Å². The molecule has 0 aliphatic rings. The van der Waals surface area contributed by atoms with Crippen LogP contribution in [0.25, 0.3) is 0 Å². The van der Waals surface area contributed by atoms with Crippen molar-refractivity contribution in [3.05, 3.63) is 0 Å². The molecular formula is C28H59P. The van der Waals surface area contributed by atoms with Crippen molar-refractivity contribution in [1.82, 2.24) is 0 Å². The zero-order valence-electron chi connectivity index (χ0n) is 21.0. The second-order valence-corrected chi connectivity index (χ2v) is 10.5. The molecule has 1 unspecified atom stereocenters. The summed E-state index contributed by atoms with van der Waals surface area (Å²) in [5, 5.41) is 0. The standard InChI is InChI=1S/C28H59P/c1-4-7-23-28(24-8-5-2,25-9-6-3)26-21-19-17-15-13-11-10-12-14-16-18-20-22-27-29/h4-27,29H2,1-3H3. The van der Waals surface area contributed by atoms with Crippen LogP contribution in [0.5, 0.6) is 0 Å². The van der Waals surface area contributed by atoms with Gasteiger partial charge in [0.1, 0.15) is 0 Å². The molecule has 0 amide bonds. The Labute approximate surface area is 189 Å². The zero-order chi connectivity index (χ0) is 21.5. The van der Waals surface area contributed by atoms with Crippen molar-refractivity contribution in [2.75, 3.05) is 6.16 Å². The van der Waals surface area contributed by atoms with Crippen LogP contribution in [0.4, 0.5) is 0 Å². The first-order chi connectivity index (χ1) is 14.2. The van der Waals surface area contributed by atoms with E-state index in [0.717, 1.165) is 0 Å². The molecule has 0 rings (SSSR count). The lowest BCUT2D eigenvalue weighted by atomic mass is 9.71. The van der Waals surface area contributed by atoms with E-state index in [2.05, 4.69) is 30.0 Å². The highest BCUT2D eigenvalue weighted by atomic mass is 31.0. The maximum absolute atomic E-state index is 2.85. The molecule has 176 valence electrons. The molecule has 0 aliphatic carbocycles. The third-order valence-electron chi connectivity index (χ3n) is 7.09. The van der Waals surface area contributed by atoms with Gasteiger partial charge in [0.2, 0.25) is 0 Å². The van der Waals surface area contributed by atoms with Crippen LogP contribution in [-0.2, 0) is 0 Å². The molecule has 0 aromatic rings. The molecular weight excluding hydrogens is 367 g/mol. The van der Waals surface area contributed by atoms with E-state index in [-0.39, 0.29) is 0 Å². The lowest BCUT2D eigenvalue weighted by Crippen LogP contribution is -2.21. The Bertz CT molecular complexity index is 277. The second-order valence-electron chi connectivity index (χ2n) is 9.95. The van der Waals surface area contributed by atoms with Gasteiger partial charge >= 0.3 is 0 Å². The summed E-state index contributed by atoms with van der Waals surface area (Å²) in [6.45, 7) is 7.11. The molecule has 0 N–H and O–H groups in total. The van der Waals surface area contributed by atoms with Crippen LogP contribution in [0, 0.1) is 5.41 Å². The summed E-state index contributed by atoms with van der Waals surface area (Å²) in [5.74, 6) is 0. The lowest BCUT2D eigenvalue weighted by Gasteiger charge is -2.35. The van der Waals surface area contributed by atoms with Gasteiger partial charge in [-0.25, -0.2) is 0 Å². The molecule has 0 radical (unpaired) electrons. The van der Waals surface area contributed by atoms with Gasteiger partial charge in [0.05, 0.1) is 0 Å². The summed E-state index contributed by atoms with van der Waals surface area (Å²) in [6.07, 6.45) is 34.9. The van der Waals surface area contributed by atoms with Crippen LogP contribution < -0.4 is 0 Å². The molecule has 1 atom stereocenters. The van der Waals surface area contributed by atoms with Gasteiger partial charge in [-0.3, -0.25) is 0 Å². The fraction of sp³-hybridized carbons (Fsp3) is 1.00. The summed E-state index contributed by atoms with van der Waals surface area (Å²) in [6, 6.07) is 0. The second kappa shape index (κ2) is 23.1. The minimum absolute atomic E-state index is 0.692. The average Bonchev–Trinajstić information content (AvgIpc) is 2.74. The molecule has 0 saturated heterocycles. The van der Waals surface area contributed by atoms with Gasteiger partial charge in [-0.1, -0.05) is 136 Å². The first-order valence-electron chi connectivity index (χ1n) is 13.9. The number of hydrogen-bond donors (Lipinski definition) is 0. The molecule has 0 aliphatic heterocycles. The first-order valence-corrected chi connectivity index (χ1v) is 14.8. The van der Waals surface area contributed by atoms with E-state index in [1.165, 1.54) is 154 Å². The van der Waals surface area contributed by atoms with Crippen molar-refractivity contribution >= 4 is 9.24 Å². The Morgan fingerprint density at radius 3 is 0.966 bits per heavy atom. The number of hydrogen-bond acceptors (Lipinski definition) is 0. The maximum Gasteiger partial charge on any atom is -0.0297 e. The summed E-state index contributed by atoms with van der Waals surface area (Å²) >= 11 is 0. The fourth-order valence-electron chi connectivity index (χ4n) is 4.99. The van der Waals surface area contributed by atoms with Gasteiger partial charge in [0.15, 0.2) is 0 Å². The largest absolute Gasteiger partial charge is 0.138 e. The van der Waals surface area contributed by atoms with E-state index < -0.39 is 0 Å². The Hall–Kier alpha value is 0.430. The molecule has 0 aromatic heterocycles. The average molecular weight is 427 g/mol. The van der Waals surface area contributed by atoms with Crippen molar-refractivity contribution in [2.24, 2.45) is 5.41 Å². The zero-order valence-corrected chi connectivity index (χ0v) is 22.2. The highest BCUT2D eigenvalue weighted by Gasteiger charge is 2.27. The van der Waals surface area contributed by atoms with E-state index in [1.54, 1.807) is 0 Å². The van der Waals surface area contributed by atoms with E-state index in [1.807, 2.05) is 0 Å². The Kier molecular flexibility index (Phi) is 23.4. The van der Waals surface area contributed by atoms with E-state index in [9.17, 15) is 0 Å². The SMILES string of the molecule is CCCCC(CCCC)(CCCC)CCCCCCCCCCCCCCCP. The third-order valence-corrected chi connectivity index (χ3v) is 7.50. The van der Waals surface area contributed by atoms with Gasteiger partial charge in [0.25, 0.3) is 0 Å². The summed E-state index contributed by atoms with van der Waals surface area (Å²) < 4.78 is 0. The lowest BCUT2D eigenvalue weighted by molar-refractivity contribution is 0.175. The smallest absolute Gasteiger partial charge is 0.0297 e. The normalized spacial score (nSPS) is 12.0. The monoisotopic (exact) mass is 426 g/mol. The van der Waals surface area contributed by atoms with Crippen LogP contribution in [0.15, 0.2) is 0 Å². The molecule has 0 fully saturated rings. The summed E-state index contributed by atoms with van der Waals surface area (Å²) in [7, 11) is 2.85. The van der Waals surface area contributed by atoms with Gasteiger partial charge < -0.3 is 0 Å². The Morgan fingerprint density at radius 1 is 0.379 bits per heavy atom. The van der Waals surface area contributed by atoms with E-state index in [4.69, 9.17) is 0 Å². The number of rotatable bonds is 24. The van der Waals surface area contributed by atoms with Crippen LogP contribution >= 0.6 is 9.24 Å². The highest BCUT2D eigenvalue weighted by molar-refractivity contribution is 7.16. The molecule has 0 heterocycles. The van der Waals surface area contributed by atoms with E-state index in [0.29, 0.717) is 5.41 Å². The number of unbranched alkanes of at least 4 members (excludes halogenated alkanes) is 15. The van der Waals surface area contributed by atoms with Crippen molar-refractivity contribution < 1.29 is 0 Å². The summed E-state index contributed by atoms with van der Waals surface area (Å²) in [4.78, 5) is 0. The maximum atomic E-state index is 2.85. The van der Waals surface area contributed by atoms with Crippen LogP contribution in [0.1, 0.15) is 168 Å². The van der Waals surface area contributed by atoms with Crippen molar-refractivity contribution in [2.45, 2.75) is 168 Å². The Balaban J connectivity index is 3.79. The third kappa shape index (κ3) is 18.9. The van der Waals surface area contributed by atoms with Crippen LogP contribution in [-0.4, -0.2) is 6.16 Å². The molecule has 0 saturated carbocycles. The minimum atomic E-state index is 0.692. The fourth-order valence-corrected chi connectivity index (χ4v) is 5.28. The van der Waals surface area contributed by atoms with Crippen LogP contribution in [0.3, 0.4) is 0 Å².